The molecule has 0 radical (unpaired) electrons. The molecule has 1 aliphatic rings. The van der Waals surface area contributed by atoms with Gasteiger partial charge in [0.05, 0.1) is 0 Å². The highest BCUT2D eigenvalue weighted by atomic mass is 16.2. The summed E-state index contributed by atoms with van der Waals surface area (Å²) in [6, 6.07) is 10.6. The van der Waals surface area contributed by atoms with Gasteiger partial charge >= 0.3 is 0 Å². The minimum Gasteiger partial charge on any atom is -0.355 e. The number of ketones is 1. The summed E-state index contributed by atoms with van der Waals surface area (Å²) in [6.45, 7) is 3.58. The number of carbonyl (C=O) groups excluding carboxylic acids is 3. The van der Waals surface area contributed by atoms with Crippen LogP contribution in [0.3, 0.4) is 0 Å². The van der Waals surface area contributed by atoms with Gasteiger partial charge in [0.1, 0.15) is 5.69 Å². The summed E-state index contributed by atoms with van der Waals surface area (Å²) in [4.78, 5) is 42.4. The summed E-state index contributed by atoms with van der Waals surface area (Å²) >= 11 is 0. The molecule has 1 aromatic carbocycles. The van der Waals surface area contributed by atoms with Gasteiger partial charge in [-0.1, -0.05) is 12.1 Å². The molecule has 7 heteroatoms. The van der Waals surface area contributed by atoms with Crippen LogP contribution in [0.25, 0.3) is 0 Å². The first-order valence-corrected chi connectivity index (χ1v) is 8.39. The molecule has 2 amide bonds. The number of anilines is 2. The van der Waals surface area contributed by atoms with Gasteiger partial charge in [-0.05, 0) is 31.2 Å². The van der Waals surface area contributed by atoms with Gasteiger partial charge in [0, 0.05) is 49.3 Å². The number of aromatic nitrogens is 1. The largest absolute Gasteiger partial charge is 0.355 e. The second-order valence-corrected chi connectivity index (χ2v) is 6.13. The lowest BCUT2D eigenvalue weighted by Crippen LogP contribution is -2.48. The van der Waals surface area contributed by atoms with Gasteiger partial charge < -0.3 is 15.1 Å². The Labute approximate surface area is 151 Å². The number of hydrogen-bond donors (Lipinski definition) is 1. The predicted molar refractivity (Wildman–Crippen MR) is 97.5 cm³/mol. The molecule has 1 fully saturated rings. The van der Waals surface area contributed by atoms with Gasteiger partial charge in [-0.3, -0.25) is 19.4 Å². The van der Waals surface area contributed by atoms with Crippen LogP contribution in [0.15, 0.2) is 42.6 Å². The Balaban J connectivity index is 1.72. The lowest BCUT2D eigenvalue weighted by Gasteiger charge is -2.32. The molecule has 7 nitrogen and oxygen atoms in total. The van der Waals surface area contributed by atoms with Gasteiger partial charge in [0.15, 0.2) is 5.78 Å². The minimum absolute atomic E-state index is 0.00582. The fourth-order valence-corrected chi connectivity index (χ4v) is 2.80. The first kappa shape index (κ1) is 17.6. The smallest absolute Gasteiger partial charge is 0.272 e. The zero-order valence-corrected chi connectivity index (χ0v) is 14.5. The van der Waals surface area contributed by atoms with Crippen LogP contribution in [0.2, 0.25) is 0 Å². The highest BCUT2D eigenvalue weighted by Crippen LogP contribution is 2.19. The predicted octanol–water partition coefficient (Wildman–Crippen LogP) is 1.94. The van der Waals surface area contributed by atoms with E-state index in [-0.39, 0.29) is 11.7 Å². The Morgan fingerprint density at radius 3 is 2.50 bits per heavy atom. The van der Waals surface area contributed by atoms with E-state index in [1.165, 1.54) is 6.92 Å². The number of nitrogens with zero attached hydrogens (tertiary/aromatic N) is 3. The molecular formula is C19H20N4O3. The third-order valence-electron chi connectivity index (χ3n) is 4.29. The summed E-state index contributed by atoms with van der Waals surface area (Å²) in [5.74, 6) is -0.162. The Morgan fingerprint density at radius 1 is 1.08 bits per heavy atom. The Kier molecular flexibility index (Phi) is 5.26. The van der Waals surface area contributed by atoms with Gasteiger partial charge in [0.2, 0.25) is 6.41 Å². The molecule has 1 aliphatic heterocycles. The molecule has 1 saturated heterocycles. The van der Waals surface area contributed by atoms with E-state index in [1.54, 1.807) is 46.3 Å². The molecule has 0 bridgehead atoms. The van der Waals surface area contributed by atoms with E-state index < -0.39 is 0 Å². The topological polar surface area (TPSA) is 82.6 Å². The number of rotatable bonds is 5. The van der Waals surface area contributed by atoms with Crippen molar-refractivity contribution in [3.05, 3.63) is 53.9 Å². The van der Waals surface area contributed by atoms with Crippen molar-refractivity contribution in [1.82, 2.24) is 14.8 Å². The Hall–Kier alpha value is -3.22. The van der Waals surface area contributed by atoms with E-state index in [0.717, 1.165) is 17.8 Å². The highest BCUT2D eigenvalue weighted by molar-refractivity contribution is 5.95. The standard InChI is InChI=1S/C19H20N4O3/c1-14(25)15-3-2-4-16(11-15)21-17-5-6-20-18(12-17)19(26)23-9-7-22(13-24)8-10-23/h2-6,11-13H,7-10H2,1H3,(H,20,21). The van der Waals surface area contributed by atoms with Gasteiger partial charge in [0.25, 0.3) is 5.91 Å². The third kappa shape index (κ3) is 4.05. The number of amides is 2. The molecule has 2 aromatic rings. The van der Waals surface area contributed by atoms with Gasteiger partial charge in [-0.15, -0.1) is 0 Å². The average Bonchev–Trinajstić information content (AvgIpc) is 2.68. The SMILES string of the molecule is CC(=O)c1cccc(Nc2ccnc(C(=O)N3CCN(C=O)CC3)c2)c1. The van der Waals surface area contributed by atoms with Crippen LogP contribution in [0.5, 0.6) is 0 Å². The van der Waals surface area contributed by atoms with E-state index in [4.69, 9.17) is 0 Å². The molecule has 3 rings (SSSR count). The molecule has 0 spiro atoms. The van der Waals surface area contributed by atoms with Crippen molar-refractivity contribution in [3.63, 3.8) is 0 Å². The van der Waals surface area contributed by atoms with E-state index in [2.05, 4.69) is 10.3 Å². The van der Waals surface area contributed by atoms with Crippen LogP contribution in [0, 0.1) is 0 Å². The van der Waals surface area contributed by atoms with E-state index in [1.807, 2.05) is 6.07 Å². The molecule has 0 aliphatic carbocycles. The van der Waals surface area contributed by atoms with Crippen LogP contribution in [-0.4, -0.2) is 59.1 Å². The van der Waals surface area contributed by atoms with Crippen molar-refractivity contribution in [2.24, 2.45) is 0 Å². The molecule has 26 heavy (non-hydrogen) atoms. The highest BCUT2D eigenvalue weighted by Gasteiger charge is 2.22. The minimum atomic E-state index is -0.156. The number of Topliss-reactive ketones (excluding diaryl/α,β-unsaturated/α-hetero) is 1. The molecule has 0 saturated carbocycles. The molecule has 2 heterocycles. The zero-order chi connectivity index (χ0) is 18.5. The van der Waals surface area contributed by atoms with Gasteiger partial charge in [-0.25, -0.2) is 0 Å². The quantitative estimate of drug-likeness (QED) is 0.657. The maximum atomic E-state index is 12.6. The molecule has 134 valence electrons. The van der Waals surface area contributed by atoms with Crippen LogP contribution >= 0.6 is 0 Å². The fourth-order valence-electron chi connectivity index (χ4n) is 2.80. The van der Waals surface area contributed by atoms with Gasteiger partial charge in [-0.2, -0.15) is 0 Å². The van der Waals surface area contributed by atoms with Crippen LogP contribution < -0.4 is 5.32 Å². The van der Waals surface area contributed by atoms with Crippen LogP contribution in [0.4, 0.5) is 11.4 Å². The molecule has 0 atom stereocenters. The fraction of sp³-hybridized carbons (Fsp3) is 0.263. The van der Waals surface area contributed by atoms with E-state index >= 15 is 0 Å². The zero-order valence-electron chi connectivity index (χ0n) is 14.5. The lowest BCUT2D eigenvalue weighted by molar-refractivity contribution is -0.119. The second-order valence-electron chi connectivity index (χ2n) is 6.13. The number of benzene rings is 1. The third-order valence-corrected chi connectivity index (χ3v) is 4.29. The summed E-state index contributed by atoms with van der Waals surface area (Å²) in [6.07, 6.45) is 2.38. The normalized spacial score (nSPS) is 14.0. The first-order valence-electron chi connectivity index (χ1n) is 8.39. The lowest BCUT2D eigenvalue weighted by atomic mass is 10.1. The second kappa shape index (κ2) is 7.77. The molecular weight excluding hydrogens is 332 g/mol. The Bertz CT molecular complexity index is 829. The summed E-state index contributed by atoms with van der Waals surface area (Å²) in [5.41, 5.74) is 2.45. The summed E-state index contributed by atoms with van der Waals surface area (Å²) < 4.78 is 0. The van der Waals surface area contributed by atoms with Crippen molar-refractivity contribution in [2.75, 3.05) is 31.5 Å². The number of pyridine rings is 1. The average molecular weight is 352 g/mol. The van der Waals surface area contributed by atoms with E-state index in [0.29, 0.717) is 37.4 Å². The van der Waals surface area contributed by atoms with Crippen LogP contribution in [0.1, 0.15) is 27.8 Å². The molecule has 0 unspecified atom stereocenters. The monoisotopic (exact) mass is 352 g/mol. The summed E-state index contributed by atoms with van der Waals surface area (Å²) in [5, 5.41) is 3.20. The van der Waals surface area contributed by atoms with E-state index in [9.17, 15) is 14.4 Å². The summed E-state index contributed by atoms with van der Waals surface area (Å²) in [7, 11) is 0. The van der Waals surface area contributed by atoms with Crippen molar-refractivity contribution in [2.45, 2.75) is 6.92 Å². The first-order chi connectivity index (χ1) is 12.6. The van der Waals surface area contributed by atoms with Crippen molar-refractivity contribution in [1.29, 1.82) is 0 Å². The number of piperazine rings is 1. The van der Waals surface area contributed by atoms with Crippen molar-refractivity contribution >= 4 is 29.5 Å². The number of nitrogens with one attached hydrogen (secondary N) is 1. The van der Waals surface area contributed by atoms with Crippen molar-refractivity contribution in [3.8, 4) is 0 Å². The maximum Gasteiger partial charge on any atom is 0.272 e. The Morgan fingerprint density at radius 2 is 1.81 bits per heavy atom. The molecule has 1 N–H and O–H groups in total. The van der Waals surface area contributed by atoms with Crippen LogP contribution in [-0.2, 0) is 4.79 Å². The maximum absolute atomic E-state index is 12.6. The van der Waals surface area contributed by atoms with Crippen molar-refractivity contribution < 1.29 is 14.4 Å². The number of hydrogen-bond acceptors (Lipinski definition) is 5. The number of carbonyl (C=O) groups is 3. The molecule has 1 aromatic heterocycles.